The highest BCUT2D eigenvalue weighted by atomic mass is 16.5. The second-order valence-corrected chi connectivity index (χ2v) is 6.02. The van der Waals surface area contributed by atoms with Gasteiger partial charge in [0.2, 0.25) is 11.7 Å². The van der Waals surface area contributed by atoms with E-state index in [1.54, 1.807) is 21.3 Å². The van der Waals surface area contributed by atoms with Crippen LogP contribution in [0.5, 0.6) is 17.2 Å². The van der Waals surface area contributed by atoms with E-state index >= 15 is 0 Å². The molecule has 0 amide bonds. The number of rotatable bonds is 7. The molecular weight excluding hydrogens is 320 g/mol. The van der Waals surface area contributed by atoms with Crippen molar-refractivity contribution < 1.29 is 14.2 Å². The third kappa shape index (κ3) is 4.04. The molecule has 1 aromatic heterocycles. The number of ether oxygens (including phenoxy) is 3. The fourth-order valence-electron chi connectivity index (χ4n) is 2.57. The molecule has 0 N–H and O–H groups in total. The summed E-state index contributed by atoms with van der Waals surface area (Å²) in [4.78, 5) is 13.0. The fourth-order valence-corrected chi connectivity index (χ4v) is 2.57. The van der Waals surface area contributed by atoms with Crippen molar-refractivity contribution in [2.24, 2.45) is 0 Å². The lowest BCUT2D eigenvalue weighted by Gasteiger charge is -2.20. The molecule has 0 spiro atoms. The highest BCUT2D eigenvalue weighted by Crippen LogP contribution is 2.39. The number of benzene rings is 1. The van der Waals surface area contributed by atoms with Gasteiger partial charge >= 0.3 is 0 Å². The van der Waals surface area contributed by atoms with Crippen LogP contribution in [0.4, 0.5) is 11.8 Å². The molecule has 0 bridgehead atoms. The van der Waals surface area contributed by atoms with Crippen LogP contribution in [0.1, 0.15) is 11.1 Å². The standard InChI is InChI=1S/C18H26N4O3/c1-21(2)17-13(11-19-18(20-17)22(3)4)8-12-9-14(23-5)16(25-7)15(10-12)24-6/h9-11H,8H2,1-7H3. The van der Waals surface area contributed by atoms with Crippen LogP contribution in [-0.4, -0.2) is 59.5 Å². The molecule has 0 aliphatic rings. The summed E-state index contributed by atoms with van der Waals surface area (Å²) in [5.74, 6) is 3.41. The van der Waals surface area contributed by atoms with Gasteiger partial charge in [0.1, 0.15) is 5.82 Å². The molecule has 0 aliphatic heterocycles. The molecule has 0 aliphatic carbocycles. The predicted molar refractivity (Wildman–Crippen MR) is 99.6 cm³/mol. The first-order valence-corrected chi connectivity index (χ1v) is 7.90. The molecule has 0 unspecified atom stereocenters. The lowest BCUT2D eigenvalue weighted by Crippen LogP contribution is -2.18. The Morgan fingerprint density at radius 3 is 1.92 bits per heavy atom. The van der Waals surface area contributed by atoms with Gasteiger partial charge in [-0.3, -0.25) is 0 Å². The van der Waals surface area contributed by atoms with Crippen molar-refractivity contribution in [2.75, 3.05) is 59.3 Å². The van der Waals surface area contributed by atoms with E-state index in [0.29, 0.717) is 29.6 Å². The first-order valence-electron chi connectivity index (χ1n) is 7.90. The predicted octanol–water partition coefficient (Wildman–Crippen LogP) is 2.23. The third-order valence-electron chi connectivity index (χ3n) is 3.77. The summed E-state index contributed by atoms with van der Waals surface area (Å²) in [6.07, 6.45) is 2.51. The van der Waals surface area contributed by atoms with Crippen molar-refractivity contribution >= 4 is 11.8 Å². The molecule has 2 aromatic rings. The van der Waals surface area contributed by atoms with E-state index < -0.39 is 0 Å². The normalized spacial score (nSPS) is 10.4. The van der Waals surface area contributed by atoms with Crippen LogP contribution in [0.15, 0.2) is 18.3 Å². The van der Waals surface area contributed by atoms with Crippen LogP contribution in [0, 0.1) is 0 Å². The molecule has 0 atom stereocenters. The van der Waals surface area contributed by atoms with Gasteiger partial charge in [0.25, 0.3) is 0 Å². The average molecular weight is 346 g/mol. The minimum absolute atomic E-state index is 0.584. The largest absolute Gasteiger partial charge is 0.493 e. The molecular formula is C18H26N4O3. The summed E-state index contributed by atoms with van der Waals surface area (Å²) in [5, 5.41) is 0. The van der Waals surface area contributed by atoms with E-state index in [2.05, 4.69) is 9.97 Å². The summed E-state index contributed by atoms with van der Waals surface area (Å²) in [7, 11) is 12.6. The molecule has 25 heavy (non-hydrogen) atoms. The van der Waals surface area contributed by atoms with Gasteiger partial charge in [-0.15, -0.1) is 0 Å². The average Bonchev–Trinajstić information content (AvgIpc) is 2.60. The molecule has 0 radical (unpaired) electrons. The topological polar surface area (TPSA) is 60.0 Å². The molecule has 0 fully saturated rings. The van der Waals surface area contributed by atoms with E-state index in [-0.39, 0.29) is 0 Å². The van der Waals surface area contributed by atoms with E-state index in [1.165, 1.54) is 0 Å². The van der Waals surface area contributed by atoms with E-state index in [0.717, 1.165) is 16.9 Å². The van der Waals surface area contributed by atoms with Gasteiger partial charge in [0, 0.05) is 46.4 Å². The smallest absolute Gasteiger partial charge is 0.226 e. The Morgan fingerprint density at radius 2 is 1.48 bits per heavy atom. The Kier molecular flexibility index (Phi) is 5.90. The SMILES string of the molecule is COc1cc(Cc2cnc(N(C)C)nc2N(C)C)cc(OC)c1OC. The number of hydrogen-bond donors (Lipinski definition) is 0. The highest BCUT2D eigenvalue weighted by molar-refractivity contribution is 5.56. The van der Waals surface area contributed by atoms with Gasteiger partial charge in [-0.25, -0.2) is 4.98 Å². The molecule has 0 saturated carbocycles. The zero-order valence-corrected chi connectivity index (χ0v) is 16.0. The molecule has 2 rings (SSSR count). The quantitative estimate of drug-likeness (QED) is 0.762. The van der Waals surface area contributed by atoms with Crippen molar-refractivity contribution in [1.82, 2.24) is 9.97 Å². The van der Waals surface area contributed by atoms with Crippen LogP contribution in [0.2, 0.25) is 0 Å². The Labute approximate surface area is 149 Å². The number of hydrogen-bond acceptors (Lipinski definition) is 7. The molecule has 7 nitrogen and oxygen atoms in total. The van der Waals surface area contributed by atoms with Gasteiger partial charge in [-0.1, -0.05) is 0 Å². The number of nitrogens with zero attached hydrogens (tertiary/aromatic N) is 4. The fraction of sp³-hybridized carbons (Fsp3) is 0.444. The lowest BCUT2D eigenvalue weighted by atomic mass is 10.1. The van der Waals surface area contributed by atoms with Crippen molar-refractivity contribution in [3.63, 3.8) is 0 Å². The van der Waals surface area contributed by atoms with Gasteiger partial charge in [-0.2, -0.15) is 4.98 Å². The molecule has 7 heteroatoms. The molecule has 136 valence electrons. The molecule has 0 saturated heterocycles. The maximum Gasteiger partial charge on any atom is 0.226 e. The second kappa shape index (κ2) is 7.92. The lowest BCUT2D eigenvalue weighted by molar-refractivity contribution is 0.324. The monoisotopic (exact) mass is 346 g/mol. The summed E-state index contributed by atoms with van der Waals surface area (Å²) >= 11 is 0. The Bertz CT molecular complexity index is 707. The van der Waals surface area contributed by atoms with Crippen LogP contribution in [-0.2, 0) is 6.42 Å². The molecule has 1 heterocycles. The van der Waals surface area contributed by atoms with E-state index in [9.17, 15) is 0 Å². The molecule has 1 aromatic carbocycles. The van der Waals surface area contributed by atoms with Crippen LogP contribution in [0.3, 0.4) is 0 Å². The number of methoxy groups -OCH3 is 3. The van der Waals surface area contributed by atoms with E-state index in [4.69, 9.17) is 14.2 Å². The number of anilines is 2. The van der Waals surface area contributed by atoms with E-state index in [1.807, 2.05) is 56.3 Å². The van der Waals surface area contributed by atoms with Crippen LogP contribution in [0.25, 0.3) is 0 Å². The van der Waals surface area contributed by atoms with Gasteiger partial charge in [0.15, 0.2) is 11.5 Å². The van der Waals surface area contributed by atoms with Crippen molar-refractivity contribution in [2.45, 2.75) is 6.42 Å². The first-order chi connectivity index (χ1) is 11.9. The Hall–Kier alpha value is -2.70. The van der Waals surface area contributed by atoms with Gasteiger partial charge in [0.05, 0.1) is 21.3 Å². The Morgan fingerprint density at radius 1 is 0.880 bits per heavy atom. The maximum atomic E-state index is 5.43. The van der Waals surface area contributed by atoms with Gasteiger partial charge in [-0.05, 0) is 17.7 Å². The third-order valence-corrected chi connectivity index (χ3v) is 3.77. The van der Waals surface area contributed by atoms with Crippen molar-refractivity contribution in [1.29, 1.82) is 0 Å². The maximum absolute atomic E-state index is 5.43. The van der Waals surface area contributed by atoms with Crippen molar-refractivity contribution in [3.05, 3.63) is 29.5 Å². The van der Waals surface area contributed by atoms with Crippen molar-refractivity contribution in [3.8, 4) is 17.2 Å². The van der Waals surface area contributed by atoms with Gasteiger partial charge < -0.3 is 24.0 Å². The minimum atomic E-state index is 0.584. The van der Waals surface area contributed by atoms with Crippen LogP contribution >= 0.6 is 0 Å². The zero-order chi connectivity index (χ0) is 18.6. The summed E-state index contributed by atoms with van der Waals surface area (Å²) in [5.41, 5.74) is 2.05. The first kappa shape index (κ1) is 18.6. The minimum Gasteiger partial charge on any atom is -0.493 e. The number of aromatic nitrogens is 2. The second-order valence-electron chi connectivity index (χ2n) is 6.02. The highest BCUT2D eigenvalue weighted by Gasteiger charge is 2.16. The summed E-state index contributed by atoms with van der Waals surface area (Å²) in [6.45, 7) is 0. The zero-order valence-electron chi connectivity index (χ0n) is 16.0. The summed E-state index contributed by atoms with van der Waals surface area (Å²) < 4.78 is 16.2. The summed E-state index contributed by atoms with van der Waals surface area (Å²) in [6, 6.07) is 3.89. The Balaban J connectivity index is 2.45. The van der Waals surface area contributed by atoms with Crippen LogP contribution < -0.4 is 24.0 Å².